The fraction of sp³-hybridized carbons (Fsp3) is 0.333. The second-order valence-electron chi connectivity index (χ2n) is 7.50. The van der Waals surface area contributed by atoms with Gasteiger partial charge in [0.05, 0.1) is 36.5 Å². The van der Waals surface area contributed by atoms with Gasteiger partial charge in [-0.25, -0.2) is 9.37 Å². The van der Waals surface area contributed by atoms with Gasteiger partial charge in [-0.1, -0.05) is 18.2 Å². The number of ether oxygens (including phenoxy) is 1. The minimum Gasteiger partial charge on any atom is -0.593 e. The van der Waals surface area contributed by atoms with Crippen LogP contribution in [0.3, 0.4) is 0 Å². The first-order valence-corrected chi connectivity index (χ1v) is 12.1. The first-order valence-electron chi connectivity index (χ1n) is 10.0. The molecule has 0 saturated carbocycles. The molecule has 1 aromatic carbocycles. The van der Waals surface area contributed by atoms with Gasteiger partial charge in [0.1, 0.15) is 17.7 Å². The van der Waals surface area contributed by atoms with Crippen molar-refractivity contribution in [2.45, 2.75) is 6.04 Å². The molecule has 4 heterocycles. The molecule has 2 aliphatic rings. The van der Waals surface area contributed by atoms with Crippen molar-refractivity contribution in [1.82, 2.24) is 14.6 Å². The number of thiophene rings is 1. The van der Waals surface area contributed by atoms with E-state index in [4.69, 9.17) is 10.1 Å². The molecule has 2 aliphatic heterocycles. The van der Waals surface area contributed by atoms with Gasteiger partial charge in [-0.2, -0.15) is 4.31 Å². The van der Waals surface area contributed by atoms with Crippen LogP contribution in [0.1, 0.15) is 10.9 Å². The van der Waals surface area contributed by atoms with Crippen molar-refractivity contribution >= 4 is 44.6 Å². The molecule has 0 radical (unpaired) electrons. The molecular formula is C21H22FN5O2S2. The minimum absolute atomic E-state index is 0.0366. The maximum Gasteiger partial charge on any atom is 0.234 e. The van der Waals surface area contributed by atoms with Gasteiger partial charge < -0.3 is 19.5 Å². The van der Waals surface area contributed by atoms with Crippen LogP contribution in [-0.2, 0) is 16.1 Å². The Morgan fingerprint density at radius 3 is 2.81 bits per heavy atom. The van der Waals surface area contributed by atoms with Crippen molar-refractivity contribution < 1.29 is 13.7 Å². The maximum atomic E-state index is 15.3. The zero-order valence-corrected chi connectivity index (χ0v) is 18.6. The van der Waals surface area contributed by atoms with Crippen LogP contribution in [-0.4, -0.2) is 58.9 Å². The quantitative estimate of drug-likeness (QED) is 0.586. The summed E-state index contributed by atoms with van der Waals surface area (Å²) in [5, 5.41) is 11.5. The average Bonchev–Trinajstić information content (AvgIpc) is 3.14. The Morgan fingerprint density at radius 2 is 2.10 bits per heavy atom. The molecule has 2 unspecified atom stereocenters. The van der Waals surface area contributed by atoms with Crippen LogP contribution < -0.4 is 10.2 Å². The molecule has 2 N–H and O–H groups in total. The summed E-state index contributed by atoms with van der Waals surface area (Å²) in [6.07, 6.45) is 1.83. The van der Waals surface area contributed by atoms with Crippen molar-refractivity contribution in [3.05, 3.63) is 47.2 Å². The molecule has 0 bridgehead atoms. The van der Waals surface area contributed by atoms with Crippen LogP contribution in [0, 0.1) is 11.2 Å². The SMILES string of the molecule is CN1C(=N)NC(c2sc3c(-c4ccc(N5CCOCC5)nc4)cccc3c2F)C[S+]1[O-]. The number of benzene rings is 1. The molecule has 5 rings (SSSR count). The van der Waals surface area contributed by atoms with Gasteiger partial charge in [-0.15, -0.1) is 11.3 Å². The lowest BCUT2D eigenvalue weighted by molar-refractivity contribution is 0.122. The second kappa shape index (κ2) is 8.27. The van der Waals surface area contributed by atoms with Crippen LogP contribution in [0.5, 0.6) is 0 Å². The number of anilines is 1. The highest BCUT2D eigenvalue weighted by Crippen LogP contribution is 2.40. The van der Waals surface area contributed by atoms with Crippen molar-refractivity contribution in [3.8, 4) is 11.1 Å². The number of nitrogens with one attached hydrogen (secondary N) is 2. The number of nitrogens with zero attached hydrogens (tertiary/aromatic N) is 3. The molecule has 7 nitrogen and oxygen atoms in total. The molecule has 10 heteroatoms. The highest BCUT2D eigenvalue weighted by atomic mass is 32.2. The predicted molar refractivity (Wildman–Crippen MR) is 122 cm³/mol. The number of fused-ring (bicyclic) bond motifs is 1. The van der Waals surface area contributed by atoms with Crippen LogP contribution in [0.25, 0.3) is 21.2 Å². The molecule has 0 spiro atoms. The van der Waals surface area contributed by atoms with Gasteiger partial charge in [0.2, 0.25) is 5.96 Å². The van der Waals surface area contributed by atoms with Gasteiger partial charge in [0.25, 0.3) is 0 Å². The minimum atomic E-state index is -1.36. The standard InChI is InChI=1S/C21H22FN5O2S2/c1-26-21(23)25-16(12-31(26)28)20-18(22)15-4-2-3-14(19(15)30-20)13-5-6-17(24-11-13)27-7-9-29-10-8-27/h2-6,11,16H,7-10,12H2,1H3,(H2,23,25). The van der Waals surface area contributed by atoms with Crippen LogP contribution >= 0.6 is 11.3 Å². The van der Waals surface area contributed by atoms with E-state index in [-0.39, 0.29) is 17.5 Å². The van der Waals surface area contributed by atoms with Crippen LogP contribution in [0.15, 0.2) is 36.5 Å². The smallest absolute Gasteiger partial charge is 0.234 e. The van der Waals surface area contributed by atoms with E-state index >= 15 is 4.39 Å². The van der Waals surface area contributed by atoms with Gasteiger partial charge >= 0.3 is 0 Å². The topological polar surface area (TPSA) is 87.5 Å². The average molecular weight is 460 g/mol. The van der Waals surface area contributed by atoms with E-state index in [1.807, 2.05) is 30.5 Å². The van der Waals surface area contributed by atoms with Gasteiger partial charge in [-0.3, -0.25) is 5.41 Å². The Bertz CT molecular complexity index is 1120. The fourth-order valence-corrected chi connectivity index (χ4v) is 6.27. The lowest BCUT2D eigenvalue weighted by atomic mass is 10.1. The Kier molecular flexibility index (Phi) is 5.47. The first kappa shape index (κ1) is 20.5. The molecule has 2 saturated heterocycles. The van der Waals surface area contributed by atoms with Gasteiger partial charge in [0, 0.05) is 40.5 Å². The Hall–Kier alpha value is -2.40. The monoisotopic (exact) mass is 459 g/mol. The Morgan fingerprint density at radius 1 is 1.29 bits per heavy atom. The fourth-order valence-electron chi connectivity index (χ4n) is 3.88. The van der Waals surface area contributed by atoms with Crippen LogP contribution in [0.2, 0.25) is 0 Å². The number of hydrogen-bond acceptors (Lipinski definition) is 6. The molecule has 0 aliphatic carbocycles. The van der Waals surface area contributed by atoms with E-state index in [1.54, 1.807) is 13.1 Å². The largest absolute Gasteiger partial charge is 0.593 e. The van der Waals surface area contributed by atoms with Crippen molar-refractivity contribution in [2.24, 2.45) is 0 Å². The van der Waals surface area contributed by atoms with E-state index in [0.29, 0.717) is 23.5 Å². The van der Waals surface area contributed by atoms with E-state index in [1.165, 1.54) is 15.6 Å². The third kappa shape index (κ3) is 3.73. The summed E-state index contributed by atoms with van der Waals surface area (Å²) in [7, 11) is 1.59. The highest BCUT2D eigenvalue weighted by Gasteiger charge is 2.35. The van der Waals surface area contributed by atoms with Gasteiger partial charge in [-0.05, 0) is 12.1 Å². The molecular weight excluding hydrogens is 437 g/mol. The molecule has 162 valence electrons. The van der Waals surface area contributed by atoms with Crippen molar-refractivity contribution in [2.75, 3.05) is 44.0 Å². The van der Waals surface area contributed by atoms with E-state index < -0.39 is 17.4 Å². The summed E-state index contributed by atoms with van der Waals surface area (Å²) >= 11 is -0.0119. The van der Waals surface area contributed by atoms with E-state index in [2.05, 4.69) is 15.2 Å². The van der Waals surface area contributed by atoms with Crippen molar-refractivity contribution in [1.29, 1.82) is 5.41 Å². The van der Waals surface area contributed by atoms with Crippen LogP contribution in [0.4, 0.5) is 10.2 Å². The molecule has 3 aromatic rings. The van der Waals surface area contributed by atoms with Crippen molar-refractivity contribution in [3.63, 3.8) is 0 Å². The number of rotatable bonds is 3. The zero-order chi connectivity index (χ0) is 21.5. The number of aromatic nitrogens is 1. The van der Waals surface area contributed by atoms with Gasteiger partial charge in [0.15, 0.2) is 5.75 Å². The number of halogens is 1. The maximum absolute atomic E-state index is 15.3. The second-order valence-corrected chi connectivity index (χ2v) is 10.1. The first-order chi connectivity index (χ1) is 15.0. The molecule has 0 amide bonds. The third-order valence-corrected chi connectivity index (χ3v) is 8.37. The molecule has 31 heavy (non-hydrogen) atoms. The van der Waals surface area contributed by atoms with E-state index in [0.717, 1.165) is 34.7 Å². The molecule has 2 fully saturated rings. The number of pyridine rings is 1. The normalized spacial score (nSPS) is 22.1. The zero-order valence-electron chi connectivity index (χ0n) is 16.9. The number of guanidine groups is 1. The summed E-state index contributed by atoms with van der Waals surface area (Å²) in [6, 6.07) is 9.10. The third-order valence-electron chi connectivity index (χ3n) is 5.63. The molecule has 2 aromatic heterocycles. The summed E-state index contributed by atoms with van der Waals surface area (Å²) in [5.74, 6) is 0.864. The summed E-state index contributed by atoms with van der Waals surface area (Å²) in [6.45, 7) is 3.04. The Balaban J connectivity index is 1.49. The predicted octanol–water partition coefficient (Wildman–Crippen LogP) is 3.11. The lowest BCUT2D eigenvalue weighted by Crippen LogP contribution is -2.51. The van der Waals surface area contributed by atoms with E-state index in [9.17, 15) is 4.55 Å². The Labute approximate surface area is 186 Å². The number of hydrogen-bond donors (Lipinski definition) is 2. The highest BCUT2D eigenvalue weighted by molar-refractivity contribution is 7.89. The summed E-state index contributed by atoms with van der Waals surface area (Å²) in [4.78, 5) is 7.30. The summed E-state index contributed by atoms with van der Waals surface area (Å²) < 4.78 is 35.2. The number of morpholine rings is 1. The lowest BCUT2D eigenvalue weighted by Gasteiger charge is -2.32. The molecule has 2 atom stereocenters. The summed E-state index contributed by atoms with van der Waals surface area (Å²) in [5.41, 5.74) is 1.83.